The smallest absolute Gasteiger partial charge is 0.0222 e. The summed E-state index contributed by atoms with van der Waals surface area (Å²) in [5.74, 6) is 0.774. The van der Waals surface area contributed by atoms with Crippen LogP contribution in [-0.4, -0.2) is 4.83 Å². The topological polar surface area (TPSA) is 0 Å². The Morgan fingerprint density at radius 2 is 2.00 bits per heavy atom. The molecule has 1 aromatic rings. The third-order valence-electron chi connectivity index (χ3n) is 3.06. The van der Waals surface area contributed by atoms with Gasteiger partial charge in [-0.2, -0.15) is 0 Å². The van der Waals surface area contributed by atoms with Crippen LogP contribution < -0.4 is 0 Å². The number of rotatable bonds is 1. The van der Waals surface area contributed by atoms with Crippen LogP contribution in [0.2, 0.25) is 0 Å². The number of hydrogen-bond donors (Lipinski definition) is 0. The molecule has 2 heteroatoms. The maximum atomic E-state index is 3.86. The number of aryl methyl sites for hydroxylation is 1. The zero-order valence-corrected chi connectivity index (χ0v) is 11.0. The fraction of sp³-hybridized carbons (Fsp3) is 0.667. The Labute approximate surface area is 98.9 Å². The molecule has 0 saturated heterocycles. The third kappa shape index (κ3) is 2.40. The zero-order chi connectivity index (χ0) is 9.97. The quantitative estimate of drug-likeness (QED) is 0.506. The molecule has 0 nitrogen and oxygen atoms in total. The number of alkyl halides is 1. The average Bonchev–Trinajstić information content (AvgIpc) is 2.46. The van der Waals surface area contributed by atoms with Crippen LogP contribution in [0, 0.1) is 6.92 Å². The van der Waals surface area contributed by atoms with Crippen molar-refractivity contribution in [1.29, 1.82) is 0 Å². The lowest BCUT2D eigenvalue weighted by Crippen LogP contribution is -2.08. The van der Waals surface area contributed by atoms with Gasteiger partial charge < -0.3 is 0 Å². The first-order valence-corrected chi connectivity index (χ1v) is 7.21. The summed E-state index contributed by atoms with van der Waals surface area (Å²) in [6, 6.07) is 4.58. The van der Waals surface area contributed by atoms with E-state index in [2.05, 4.69) is 35.0 Å². The summed E-state index contributed by atoms with van der Waals surface area (Å²) in [5.41, 5.74) is 0. The van der Waals surface area contributed by atoms with Gasteiger partial charge in [0.05, 0.1) is 0 Å². The van der Waals surface area contributed by atoms with E-state index in [1.54, 1.807) is 4.88 Å². The van der Waals surface area contributed by atoms with Gasteiger partial charge in [-0.25, -0.2) is 0 Å². The number of halogens is 1. The van der Waals surface area contributed by atoms with Crippen molar-refractivity contribution in [1.82, 2.24) is 0 Å². The lowest BCUT2D eigenvalue weighted by atomic mass is 9.98. The molecule has 1 aliphatic carbocycles. The first-order chi connectivity index (χ1) is 6.77. The molecule has 14 heavy (non-hydrogen) atoms. The van der Waals surface area contributed by atoms with E-state index in [9.17, 15) is 0 Å². The van der Waals surface area contributed by atoms with Crippen molar-refractivity contribution in [2.45, 2.75) is 49.8 Å². The molecule has 0 bridgehead atoms. The summed E-state index contributed by atoms with van der Waals surface area (Å²) in [6.45, 7) is 2.20. The van der Waals surface area contributed by atoms with Crippen LogP contribution in [-0.2, 0) is 0 Å². The van der Waals surface area contributed by atoms with E-state index >= 15 is 0 Å². The van der Waals surface area contributed by atoms with Crippen LogP contribution in [0.5, 0.6) is 0 Å². The first kappa shape index (κ1) is 10.7. The first-order valence-electron chi connectivity index (χ1n) is 5.48. The van der Waals surface area contributed by atoms with Crippen molar-refractivity contribution in [3.05, 3.63) is 21.9 Å². The van der Waals surface area contributed by atoms with Crippen molar-refractivity contribution in [2.24, 2.45) is 0 Å². The minimum Gasteiger partial charge on any atom is -0.145 e. The lowest BCUT2D eigenvalue weighted by molar-refractivity contribution is 0.622. The van der Waals surface area contributed by atoms with Crippen LogP contribution in [0.15, 0.2) is 12.1 Å². The van der Waals surface area contributed by atoms with Gasteiger partial charge in [0.1, 0.15) is 0 Å². The third-order valence-corrected chi connectivity index (χ3v) is 5.29. The molecular weight excluding hydrogens is 256 g/mol. The highest BCUT2D eigenvalue weighted by Gasteiger charge is 2.23. The molecule has 0 radical (unpaired) electrons. The van der Waals surface area contributed by atoms with E-state index < -0.39 is 0 Å². The Kier molecular flexibility index (Phi) is 3.67. The van der Waals surface area contributed by atoms with E-state index in [1.807, 2.05) is 11.3 Å². The van der Waals surface area contributed by atoms with Crippen LogP contribution in [0.25, 0.3) is 0 Å². The average molecular weight is 273 g/mol. The Morgan fingerprint density at radius 3 is 2.71 bits per heavy atom. The predicted octanol–water partition coefficient (Wildman–Crippen LogP) is 4.87. The molecule has 1 saturated carbocycles. The molecule has 1 aromatic heterocycles. The Bertz CT molecular complexity index is 292. The van der Waals surface area contributed by atoms with Crippen molar-refractivity contribution in [3.63, 3.8) is 0 Å². The Balaban J connectivity index is 2.14. The van der Waals surface area contributed by atoms with Gasteiger partial charge in [0, 0.05) is 20.5 Å². The zero-order valence-electron chi connectivity index (χ0n) is 8.63. The van der Waals surface area contributed by atoms with Crippen LogP contribution >= 0.6 is 27.3 Å². The summed E-state index contributed by atoms with van der Waals surface area (Å²) >= 11 is 5.83. The van der Waals surface area contributed by atoms with Gasteiger partial charge in [0.15, 0.2) is 0 Å². The fourth-order valence-corrected chi connectivity index (χ4v) is 4.36. The minimum atomic E-state index is 0.711. The molecule has 2 rings (SSSR count). The van der Waals surface area contributed by atoms with Gasteiger partial charge >= 0.3 is 0 Å². The van der Waals surface area contributed by atoms with Gasteiger partial charge in [-0.05, 0) is 31.9 Å². The van der Waals surface area contributed by atoms with Crippen molar-refractivity contribution in [3.8, 4) is 0 Å². The van der Waals surface area contributed by atoms with E-state index in [4.69, 9.17) is 0 Å². The second-order valence-electron chi connectivity index (χ2n) is 4.21. The SMILES string of the molecule is Cc1ccc(C2CCCCCC2Br)s1. The highest BCUT2D eigenvalue weighted by atomic mass is 79.9. The molecular formula is C12H17BrS. The molecule has 0 N–H and O–H groups in total. The molecule has 1 fully saturated rings. The van der Waals surface area contributed by atoms with Crippen LogP contribution in [0.3, 0.4) is 0 Å². The van der Waals surface area contributed by atoms with E-state index in [0.29, 0.717) is 4.83 Å². The van der Waals surface area contributed by atoms with Gasteiger partial charge in [-0.1, -0.05) is 35.2 Å². The van der Waals surface area contributed by atoms with Gasteiger partial charge in [-0.15, -0.1) is 11.3 Å². The minimum absolute atomic E-state index is 0.711. The van der Waals surface area contributed by atoms with Gasteiger partial charge in [-0.3, -0.25) is 0 Å². The number of hydrogen-bond acceptors (Lipinski definition) is 1. The second kappa shape index (κ2) is 4.80. The largest absolute Gasteiger partial charge is 0.145 e. The Morgan fingerprint density at radius 1 is 1.21 bits per heavy atom. The highest BCUT2D eigenvalue weighted by molar-refractivity contribution is 9.09. The summed E-state index contributed by atoms with van der Waals surface area (Å²) in [5, 5.41) is 0. The summed E-state index contributed by atoms with van der Waals surface area (Å²) < 4.78 is 0. The molecule has 2 unspecified atom stereocenters. The van der Waals surface area contributed by atoms with Crippen molar-refractivity contribution in [2.75, 3.05) is 0 Å². The Hall–Kier alpha value is 0.180. The highest BCUT2D eigenvalue weighted by Crippen LogP contribution is 2.38. The maximum absolute atomic E-state index is 3.86. The van der Waals surface area contributed by atoms with Crippen molar-refractivity contribution >= 4 is 27.3 Å². The fourth-order valence-electron chi connectivity index (χ4n) is 2.24. The molecule has 1 heterocycles. The monoisotopic (exact) mass is 272 g/mol. The summed E-state index contributed by atoms with van der Waals surface area (Å²) in [7, 11) is 0. The van der Waals surface area contributed by atoms with Crippen molar-refractivity contribution < 1.29 is 0 Å². The summed E-state index contributed by atoms with van der Waals surface area (Å²) in [4.78, 5) is 3.75. The second-order valence-corrected chi connectivity index (χ2v) is 6.70. The van der Waals surface area contributed by atoms with Crippen LogP contribution in [0.1, 0.15) is 47.8 Å². The molecule has 0 spiro atoms. The van der Waals surface area contributed by atoms with E-state index in [1.165, 1.54) is 37.0 Å². The molecule has 1 aliphatic rings. The molecule has 0 amide bonds. The maximum Gasteiger partial charge on any atom is 0.0222 e. The molecule has 0 aromatic carbocycles. The van der Waals surface area contributed by atoms with E-state index in [0.717, 1.165) is 5.92 Å². The van der Waals surface area contributed by atoms with Gasteiger partial charge in [0.2, 0.25) is 0 Å². The number of thiophene rings is 1. The normalized spacial score (nSPS) is 28.7. The lowest BCUT2D eigenvalue weighted by Gasteiger charge is -2.18. The predicted molar refractivity (Wildman–Crippen MR) is 67.6 cm³/mol. The molecule has 0 aliphatic heterocycles. The molecule has 78 valence electrons. The van der Waals surface area contributed by atoms with Gasteiger partial charge in [0.25, 0.3) is 0 Å². The standard InChI is InChI=1S/C12H17BrS/c1-9-7-8-12(14-9)10-5-3-2-4-6-11(10)13/h7-8,10-11H,2-6H2,1H3. The van der Waals surface area contributed by atoms with Crippen LogP contribution in [0.4, 0.5) is 0 Å². The summed E-state index contributed by atoms with van der Waals surface area (Å²) in [6.07, 6.45) is 6.95. The molecule has 2 atom stereocenters. The van der Waals surface area contributed by atoms with E-state index in [-0.39, 0.29) is 0 Å².